The van der Waals surface area contributed by atoms with E-state index in [4.69, 9.17) is 0 Å². The molecule has 0 radical (unpaired) electrons. The molecule has 0 unspecified atom stereocenters. The Balaban J connectivity index is 2.17. The van der Waals surface area contributed by atoms with E-state index in [-0.39, 0.29) is 11.6 Å². The molecule has 1 aromatic carbocycles. The molecule has 0 saturated carbocycles. The zero-order chi connectivity index (χ0) is 14.1. The molecule has 0 aliphatic rings. The van der Waals surface area contributed by atoms with Gasteiger partial charge in [-0.3, -0.25) is 0 Å². The SMILES string of the molecule is Cc1nc(-c2nc(=O)o[nH]2)cc(-c2ccccc2F)n1. The Kier molecular flexibility index (Phi) is 2.86. The molecule has 0 fully saturated rings. The fourth-order valence-corrected chi connectivity index (χ4v) is 1.83. The Morgan fingerprint density at radius 1 is 1.15 bits per heavy atom. The first kappa shape index (κ1) is 12.2. The molecule has 0 atom stereocenters. The van der Waals surface area contributed by atoms with E-state index in [1.54, 1.807) is 31.2 Å². The van der Waals surface area contributed by atoms with Crippen LogP contribution in [0.1, 0.15) is 5.82 Å². The van der Waals surface area contributed by atoms with Crippen LogP contribution in [0.5, 0.6) is 0 Å². The molecule has 2 aromatic heterocycles. The summed E-state index contributed by atoms with van der Waals surface area (Å²) in [4.78, 5) is 22.9. The molecule has 100 valence electrons. The maximum atomic E-state index is 13.8. The van der Waals surface area contributed by atoms with Crippen LogP contribution >= 0.6 is 0 Å². The minimum atomic E-state index is -0.747. The standard InChI is InChI=1S/C13H9FN4O2/c1-7-15-10(8-4-2-3-5-9(8)14)6-11(16-7)12-17-13(19)20-18-12/h2-6H,1H3,(H,17,18,19). The predicted octanol–water partition coefficient (Wildman–Crippen LogP) is 1.93. The average molecular weight is 272 g/mol. The summed E-state index contributed by atoms with van der Waals surface area (Å²) in [6, 6.07) is 7.83. The van der Waals surface area contributed by atoms with E-state index in [1.165, 1.54) is 6.07 Å². The van der Waals surface area contributed by atoms with E-state index in [0.29, 0.717) is 22.8 Å². The highest BCUT2D eigenvalue weighted by molar-refractivity contribution is 5.64. The van der Waals surface area contributed by atoms with Crippen LogP contribution in [0.2, 0.25) is 0 Å². The zero-order valence-corrected chi connectivity index (χ0v) is 10.4. The van der Waals surface area contributed by atoms with Crippen molar-refractivity contribution in [1.82, 2.24) is 20.1 Å². The molecule has 20 heavy (non-hydrogen) atoms. The first-order chi connectivity index (χ1) is 9.63. The van der Waals surface area contributed by atoms with Crippen LogP contribution in [0.25, 0.3) is 22.8 Å². The van der Waals surface area contributed by atoms with Gasteiger partial charge in [-0.1, -0.05) is 12.1 Å². The lowest BCUT2D eigenvalue weighted by atomic mass is 10.1. The Morgan fingerprint density at radius 2 is 1.90 bits per heavy atom. The van der Waals surface area contributed by atoms with Crippen molar-refractivity contribution < 1.29 is 8.91 Å². The van der Waals surface area contributed by atoms with Gasteiger partial charge < -0.3 is 4.52 Å². The normalized spacial score (nSPS) is 10.7. The van der Waals surface area contributed by atoms with E-state index >= 15 is 0 Å². The second kappa shape index (κ2) is 4.69. The van der Waals surface area contributed by atoms with Crippen molar-refractivity contribution >= 4 is 0 Å². The third kappa shape index (κ3) is 2.20. The molecule has 0 spiro atoms. The number of rotatable bonds is 2. The van der Waals surface area contributed by atoms with Crippen LogP contribution in [-0.2, 0) is 0 Å². The number of H-pyrrole nitrogens is 1. The Labute approximate surface area is 112 Å². The lowest BCUT2D eigenvalue weighted by Gasteiger charge is -2.05. The fourth-order valence-electron chi connectivity index (χ4n) is 1.83. The lowest BCUT2D eigenvalue weighted by Crippen LogP contribution is -1.99. The van der Waals surface area contributed by atoms with E-state index in [1.807, 2.05) is 0 Å². The third-order valence-electron chi connectivity index (χ3n) is 2.67. The van der Waals surface area contributed by atoms with Gasteiger partial charge in [0.1, 0.15) is 17.3 Å². The van der Waals surface area contributed by atoms with Gasteiger partial charge in [-0.2, -0.15) is 10.1 Å². The Morgan fingerprint density at radius 3 is 2.60 bits per heavy atom. The van der Waals surface area contributed by atoms with Gasteiger partial charge in [0.15, 0.2) is 5.82 Å². The number of benzene rings is 1. The minimum absolute atomic E-state index is 0.179. The number of aromatic amines is 1. The summed E-state index contributed by atoms with van der Waals surface area (Å²) in [6.07, 6.45) is 0. The van der Waals surface area contributed by atoms with E-state index in [0.717, 1.165) is 0 Å². The van der Waals surface area contributed by atoms with Crippen LogP contribution < -0.4 is 5.76 Å². The van der Waals surface area contributed by atoms with Crippen molar-refractivity contribution in [1.29, 1.82) is 0 Å². The molecule has 1 N–H and O–H groups in total. The number of aromatic nitrogens is 4. The fraction of sp³-hybridized carbons (Fsp3) is 0.0769. The van der Waals surface area contributed by atoms with E-state index < -0.39 is 5.76 Å². The van der Waals surface area contributed by atoms with Crippen LogP contribution in [0, 0.1) is 12.7 Å². The zero-order valence-electron chi connectivity index (χ0n) is 10.4. The van der Waals surface area contributed by atoms with Crippen molar-refractivity contribution in [2.75, 3.05) is 0 Å². The summed E-state index contributed by atoms with van der Waals surface area (Å²) in [5, 5.41) is 2.36. The molecular formula is C13H9FN4O2. The molecule has 0 aliphatic carbocycles. The summed E-state index contributed by atoms with van der Waals surface area (Å²) in [5.74, 6) is -0.517. The number of nitrogens with one attached hydrogen (secondary N) is 1. The second-order valence-electron chi connectivity index (χ2n) is 4.10. The molecule has 3 aromatic rings. The second-order valence-corrected chi connectivity index (χ2v) is 4.10. The van der Waals surface area contributed by atoms with Crippen LogP contribution in [-0.4, -0.2) is 20.1 Å². The largest absolute Gasteiger partial charge is 0.460 e. The van der Waals surface area contributed by atoms with Gasteiger partial charge in [0, 0.05) is 5.56 Å². The third-order valence-corrected chi connectivity index (χ3v) is 2.67. The smallest absolute Gasteiger partial charge is 0.321 e. The van der Waals surface area contributed by atoms with Crippen molar-refractivity contribution in [3.63, 3.8) is 0 Å². The molecule has 0 bridgehead atoms. The first-order valence-corrected chi connectivity index (χ1v) is 5.80. The van der Waals surface area contributed by atoms with Crippen molar-refractivity contribution in [2.45, 2.75) is 6.92 Å². The Bertz CT molecular complexity index is 825. The molecule has 6 nitrogen and oxygen atoms in total. The maximum absolute atomic E-state index is 13.8. The van der Waals surface area contributed by atoms with E-state index in [2.05, 4.69) is 24.6 Å². The molecule has 0 amide bonds. The summed E-state index contributed by atoms with van der Waals surface area (Å²) in [5.41, 5.74) is 1.13. The molecule has 7 heteroatoms. The number of hydrogen-bond donors (Lipinski definition) is 1. The van der Waals surface area contributed by atoms with Gasteiger partial charge in [-0.25, -0.2) is 19.2 Å². The number of hydrogen-bond acceptors (Lipinski definition) is 5. The average Bonchev–Trinajstić information content (AvgIpc) is 2.85. The highest BCUT2D eigenvalue weighted by Gasteiger charge is 2.12. The Hall–Kier alpha value is -2.83. The molecule has 2 heterocycles. The number of nitrogens with zero attached hydrogens (tertiary/aromatic N) is 3. The van der Waals surface area contributed by atoms with Crippen LogP contribution in [0.15, 0.2) is 39.6 Å². The predicted molar refractivity (Wildman–Crippen MR) is 68.3 cm³/mol. The van der Waals surface area contributed by atoms with Crippen molar-refractivity contribution in [3.05, 3.63) is 52.5 Å². The lowest BCUT2D eigenvalue weighted by molar-refractivity contribution is 0.387. The van der Waals surface area contributed by atoms with Gasteiger partial charge >= 0.3 is 5.76 Å². The highest BCUT2D eigenvalue weighted by atomic mass is 19.1. The van der Waals surface area contributed by atoms with Gasteiger partial charge in [0.05, 0.1) is 5.69 Å². The summed E-state index contributed by atoms with van der Waals surface area (Å²) in [7, 11) is 0. The van der Waals surface area contributed by atoms with Gasteiger partial charge in [-0.15, -0.1) is 0 Å². The molecule has 0 saturated heterocycles. The minimum Gasteiger partial charge on any atom is -0.321 e. The van der Waals surface area contributed by atoms with E-state index in [9.17, 15) is 9.18 Å². The molecular weight excluding hydrogens is 263 g/mol. The van der Waals surface area contributed by atoms with Gasteiger partial charge in [-0.05, 0) is 25.1 Å². The molecule has 0 aliphatic heterocycles. The van der Waals surface area contributed by atoms with Gasteiger partial charge in [0.2, 0.25) is 0 Å². The topological polar surface area (TPSA) is 84.7 Å². The number of halogens is 1. The van der Waals surface area contributed by atoms with Crippen LogP contribution in [0.4, 0.5) is 4.39 Å². The summed E-state index contributed by atoms with van der Waals surface area (Å²) >= 11 is 0. The molecule has 3 rings (SSSR count). The maximum Gasteiger partial charge on any atom is 0.460 e. The summed E-state index contributed by atoms with van der Waals surface area (Å²) in [6.45, 7) is 1.67. The van der Waals surface area contributed by atoms with Crippen LogP contribution in [0.3, 0.4) is 0 Å². The van der Waals surface area contributed by atoms with Gasteiger partial charge in [0.25, 0.3) is 0 Å². The highest BCUT2D eigenvalue weighted by Crippen LogP contribution is 2.23. The monoisotopic (exact) mass is 272 g/mol. The quantitative estimate of drug-likeness (QED) is 0.770. The number of aryl methyl sites for hydroxylation is 1. The summed E-state index contributed by atoms with van der Waals surface area (Å²) < 4.78 is 18.3. The van der Waals surface area contributed by atoms with Crippen molar-refractivity contribution in [2.24, 2.45) is 0 Å². The van der Waals surface area contributed by atoms with Crippen molar-refractivity contribution in [3.8, 4) is 22.8 Å². The first-order valence-electron chi connectivity index (χ1n) is 5.80.